The molecule has 3 heteroatoms. The van der Waals surface area contributed by atoms with Crippen LogP contribution in [0.1, 0.15) is 11.1 Å². The van der Waals surface area contributed by atoms with E-state index in [0.717, 1.165) is 13.1 Å². The topological polar surface area (TPSA) is 29.5 Å². The molecular weight excluding hydrogens is 250 g/mol. The maximum atomic E-state index is 11.5. The fraction of sp³-hybridized carbons (Fsp3) is 0.235. The standard InChI is InChI=1S/C17H19NO2/c1-20-17(19)14-18(12-15-8-4-2-5-9-15)13-16-10-6-3-7-11-16/h2-11H,12-14H2,1H3. The fourth-order valence-corrected chi connectivity index (χ4v) is 2.10. The van der Waals surface area contributed by atoms with Crippen molar-refractivity contribution >= 4 is 5.97 Å². The summed E-state index contributed by atoms with van der Waals surface area (Å²) in [5, 5.41) is 0. The molecule has 0 saturated carbocycles. The van der Waals surface area contributed by atoms with Gasteiger partial charge in [0, 0.05) is 13.1 Å². The molecule has 20 heavy (non-hydrogen) atoms. The van der Waals surface area contributed by atoms with Crippen molar-refractivity contribution in [3.05, 3.63) is 71.8 Å². The lowest BCUT2D eigenvalue weighted by Gasteiger charge is -2.21. The molecule has 0 bridgehead atoms. The van der Waals surface area contributed by atoms with Crippen molar-refractivity contribution in [1.29, 1.82) is 0 Å². The molecule has 0 N–H and O–H groups in total. The number of nitrogens with zero attached hydrogens (tertiary/aromatic N) is 1. The molecule has 2 rings (SSSR count). The molecule has 0 fully saturated rings. The van der Waals surface area contributed by atoms with E-state index in [1.165, 1.54) is 18.2 Å². The Balaban J connectivity index is 2.06. The van der Waals surface area contributed by atoms with Crippen molar-refractivity contribution in [2.24, 2.45) is 0 Å². The number of carbonyl (C=O) groups is 1. The van der Waals surface area contributed by atoms with Gasteiger partial charge >= 0.3 is 5.97 Å². The van der Waals surface area contributed by atoms with Gasteiger partial charge in [0.1, 0.15) is 0 Å². The van der Waals surface area contributed by atoms with Crippen LogP contribution in [0.3, 0.4) is 0 Å². The first-order chi connectivity index (χ1) is 9.78. The third-order valence-electron chi connectivity index (χ3n) is 3.08. The molecule has 0 amide bonds. The Morgan fingerprint density at radius 2 is 1.35 bits per heavy atom. The van der Waals surface area contributed by atoms with Crippen molar-refractivity contribution in [3.63, 3.8) is 0 Å². The van der Waals surface area contributed by atoms with Crippen molar-refractivity contribution < 1.29 is 9.53 Å². The van der Waals surface area contributed by atoms with Crippen LogP contribution in [-0.2, 0) is 22.6 Å². The summed E-state index contributed by atoms with van der Waals surface area (Å²) in [6.45, 7) is 1.75. The van der Waals surface area contributed by atoms with Gasteiger partial charge in [-0.3, -0.25) is 9.69 Å². The molecule has 0 heterocycles. The average Bonchev–Trinajstić information content (AvgIpc) is 2.49. The van der Waals surface area contributed by atoms with Gasteiger partial charge in [0.2, 0.25) is 0 Å². The SMILES string of the molecule is COC(=O)CN(Cc1ccccc1)Cc1ccccc1. The van der Waals surface area contributed by atoms with Crippen LogP contribution in [0.2, 0.25) is 0 Å². The Morgan fingerprint density at radius 3 is 1.75 bits per heavy atom. The van der Waals surface area contributed by atoms with Crippen LogP contribution in [0, 0.1) is 0 Å². The van der Waals surface area contributed by atoms with Crippen LogP contribution in [0.25, 0.3) is 0 Å². The first-order valence-electron chi connectivity index (χ1n) is 6.65. The molecule has 0 radical (unpaired) electrons. The van der Waals surface area contributed by atoms with Crippen molar-refractivity contribution in [3.8, 4) is 0 Å². The quantitative estimate of drug-likeness (QED) is 0.755. The Morgan fingerprint density at radius 1 is 0.900 bits per heavy atom. The molecule has 0 aliphatic heterocycles. The maximum absolute atomic E-state index is 11.5. The van der Waals surface area contributed by atoms with Gasteiger partial charge < -0.3 is 4.74 Å². The normalized spacial score (nSPS) is 10.5. The van der Waals surface area contributed by atoms with E-state index in [-0.39, 0.29) is 5.97 Å². The average molecular weight is 269 g/mol. The van der Waals surface area contributed by atoms with Crippen LogP contribution >= 0.6 is 0 Å². The lowest BCUT2D eigenvalue weighted by atomic mass is 10.1. The summed E-state index contributed by atoms with van der Waals surface area (Å²) >= 11 is 0. The summed E-state index contributed by atoms with van der Waals surface area (Å²) in [5.74, 6) is -0.211. The molecule has 104 valence electrons. The zero-order chi connectivity index (χ0) is 14.2. The monoisotopic (exact) mass is 269 g/mol. The number of methoxy groups -OCH3 is 1. The second-order valence-corrected chi connectivity index (χ2v) is 4.69. The number of hydrogen-bond acceptors (Lipinski definition) is 3. The molecule has 0 atom stereocenters. The van der Waals surface area contributed by atoms with Crippen LogP contribution < -0.4 is 0 Å². The van der Waals surface area contributed by atoms with E-state index < -0.39 is 0 Å². The smallest absolute Gasteiger partial charge is 0.319 e. The molecule has 3 nitrogen and oxygen atoms in total. The Labute approximate surface area is 119 Å². The van der Waals surface area contributed by atoms with Gasteiger partial charge in [-0.1, -0.05) is 60.7 Å². The van der Waals surface area contributed by atoms with Crippen LogP contribution in [0.15, 0.2) is 60.7 Å². The zero-order valence-corrected chi connectivity index (χ0v) is 11.7. The largest absolute Gasteiger partial charge is 0.468 e. The van der Waals surface area contributed by atoms with E-state index in [2.05, 4.69) is 29.2 Å². The van der Waals surface area contributed by atoms with Crippen LogP contribution in [0.4, 0.5) is 0 Å². The lowest BCUT2D eigenvalue weighted by Crippen LogP contribution is -2.29. The molecule has 2 aromatic carbocycles. The van der Waals surface area contributed by atoms with Gasteiger partial charge in [-0.2, -0.15) is 0 Å². The van der Waals surface area contributed by atoms with Crippen molar-refractivity contribution in [1.82, 2.24) is 4.90 Å². The maximum Gasteiger partial charge on any atom is 0.319 e. The highest BCUT2D eigenvalue weighted by Crippen LogP contribution is 2.09. The summed E-state index contributed by atoms with van der Waals surface area (Å²) in [7, 11) is 1.42. The highest BCUT2D eigenvalue weighted by molar-refractivity contribution is 5.71. The minimum atomic E-state index is -0.211. The van der Waals surface area contributed by atoms with Gasteiger partial charge in [-0.15, -0.1) is 0 Å². The van der Waals surface area contributed by atoms with Crippen LogP contribution in [0.5, 0.6) is 0 Å². The molecule has 2 aromatic rings. The number of esters is 1. The molecule has 0 aromatic heterocycles. The van der Waals surface area contributed by atoms with Gasteiger partial charge in [-0.25, -0.2) is 0 Å². The third-order valence-corrected chi connectivity index (χ3v) is 3.08. The first-order valence-corrected chi connectivity index (χ1v) is 6.65. The van der Waals surface area contributed by atoms with E-state index in [9.17, 15) is 4.79 Å². The second-order valence-electron chi connectivity index (χ2n) is 4.69. The van der Waals surface area contributed by atoms with E-state index in [4.69, 9.17) is 4.74 Å². The zero-order valence-electron chi connectivity index (χ0n) is 11.7. The fourth-order valence-electron chi connectivity index (χ4n) is 2.10. The summed E-state index contributed by atoms with van der Waals surface area (Å²) in [4.78, 5) is 13.6. The predicted molar refractivity (Wildman–Crippen MR) is 79.0 cm³/mol. The molecule has 0 saturated heterocycles. The Hall–Kier alpha value is -2.13. The van der Waals surface area contributed by atoms with E-state index in [1.807, 2.05) is 36.4 Å². The summed E-state index contributed by atoms with van der Waals surface area (Å²) in [6, 6.07) is 20.3. The number of ether oxygens (including phenoxy) is 1. The molecule has 0 spiro atoms. The van der Waals surface area contributed by atoms with E-state index in [0.29, 0.717) is 6.54 Å². The summed E-state index contributed by atoms with van der Waals surface area (Å²) in [5.41, 5.74) is 2.37. The molecule has 0 aliphatic rings. The summed E-state index contributed by atoms with van der Waals surface area (Å²) < 4.78 is 4.78. The minimum absolute atomic E-state index is 0.211. The lowest BCUT2D eigenvalue weighted by molar-refractivity contribution is -0.142. The summed E-state index contributed by atoms with van der Waals surface area (Å²) in [6.07, 6.45) is 0. The van der Waals surface area contributed by atoms with Crippen molar-refractivity contribution in [2.75, 3.05) is 13.7 Å². The molecular formula is C17H19NO2. The minimum Gasteiger partial charge on any atom is -0.468 e. The van der Waals surface area contributed by atoms with E-state index in [1.54, 1.807) is 0 Å². The van der Waals surface area contributed by atoms with Gasteiger partial charge in [0.05, 0.1) is 13.7 Å². The highest BCUT2D eigenvalue weighted by Gasteiger charge is 2.12. The van der Waals surface area contributed by atoms with Crippen LogP contribution in [-0.4, -0.2) is 24.5 Å². The van der Waals surface area contributed by atoms with Gasteiger partial charge in [0.25, 0.3) is 0 Å². The second kappa shape index (κ2) is 7.46. The van der Waals surface area contributed by atoms with E-state index >= 15 is 0 Å². The highest BCUT2D eigenvalue weighted by atomic mass is 16.5. The number of benzene rings is 2. The van der Waals surface area contributed by atoms with Crippen molar-refractivity contribution in [2.45, 2.75) is 13.1 Å². The van der Waals surface area contributed by atoms with Gasteiger partial charge in [-0.05, 0) is 11.1 Å². The number of hydrogen-bond donors (Lipinski definition) is 0. The Bertz CT molecular complexity index is 484. The third kappa shape index (κ3) is 4.52. The van der Waals surface area contributed by atoms with Gasteiger partial charge in [0.15, 0.2) is 0 Å². The first kappa shape index (κ1) is 14.3. The predicted octanol–water partition coefficient (Wildman–Crippen LogP) is 2.86. The Kier molecular flexibility index (Phi) is 5.33. The molecule has 0 unspecified atom stereocenters. The molecule has 0 aliphatic carbocycles. The number of rotatable bonds is 6. The number of carbonyl (C=O) groups excluding carboxylic acids is 1.